The van der Waals surface area contributed by atoms with E-state index in [2.05, 4.69) is 40.2 Å². The van der Waals surface area contributed by atoms with Crippen molar-refractivity contribution >= 4 is 33.0 Å². The molecule has 1 fully saturated rings. The van der Waals surface area contributed by atoms with Gasteiger partial charge in [-0.2, -0.15) is 0 Å². The number of benzene rings is 2. The second-order valence-electron chi connectivity index (χ2n) is 4.45. The summed E-state index contributed by atoms with van der Waals surface area (Å²) in [5.41, 5.74) is 1.00. The van der Waals surface area contributed by atoms with Gasteiger partial charge in [-0.3, -0.25) is 0 Å². The van der Waals surface area contributed by atoms with E-state index in [1.807, 2.05) is 12.1 Å². The first-order valence-corrected chi connectivity index (χ1v) is 6.20. The Hall–Kier alpha value is -1.15. The molecule has 0 heterocycles. The van der Waals surface area contributed by atoms with Crippen LogP contribution in [0.2, 0.25) is 0 Å². The van der Waals surface area contributed by atoms with Gasteiger partial charge in [0.15, 0.2) is 0 Å². The molecule has 2 heteroatoms. The summed E-state index contributed by atoms with van der Waals surface area (Å²) < 4.78 is 1.08. The highest BCUT2D eigenvalue weighted by Crippen LogP contribution is 2.48. The SMILES string of the molecule is O=CC1(c2cccc3cc(Br)ccc23)CC1. The molecule has 0 atom stereocenters. The van der Waals surface area contributed by atoms with Crippen molar-refractivity contribution in [2.24, 2.45) is 0 Å². The van der Waals surface area contributed by atoms with Crippen LogP contribution in [0.3, 0.4) is 0 Å². The maximum absolute atomic E-state index is 11.2. The van der Waals surface area contributed by atoms with Crippen molar-refractivity contribution < 1.29 is 4.79 Å². The van der Waals surface area contributed by atoms with Gasteiger partial charge in [-0.25, -0.2) is 0 Å². The number of hydrogen-bond acceptors (Lipinski definition) is 1. The molecule has 0 aromatic heterocycles. The van der Waals surface area contributed by atoms with Crippen LogP contribution in [0.1, 0.15) is 18.4 Å². The largest absolute Gasteiger partial charge is 0.302 e. The summed E-state index contributed by atoms with van der Waals surface area (Å²) in [6.45, 7) is 0. The monoisotopic (exact) mass is 274 g/mol. The van der Waals surface area contributed by atoms with Crippen LogP contribution >= 0.6 is 15.9 Å². The fourth-order valence-electron chi connectivity index (χ4n) is 2.27. The molecule has 1 aliphatic carbocycles. The molecule has 0 N–H and O–H groups in total. The van der Waals surface area contributed by atoms with E-state index in [-0.39, 0.29) is 5.41 Å². The molecule has 1 nitrogen and oxygen atoms in total. The van der Waals surface area contributed by atoms with Gasteiger partial charge in [0.2, 0.25) is 0 Å². The molecule has 16 heavy (non-hydrogen) atoms. The fourth-order valence-corrected chi connectivity index (χ4v) is 2.65. The van der Waals surface area contributed by atoms with Crippen molar-refractivity contribution in [3.05, 3.63) is 46.4 Å². The van der Waals surface area contributed by atoms with E-state index in [1.54, 1.807) is 0 Å². The lowest BCUT2D eigenvalue weighted by molar-refractivity contribution is -0.109. The van der Waals surface area contributed by atoms with E-state index >= 15 is 0 Å². The summed E-state index contributed by atoms with van der Waals surface area (Å²) in [7, 11) is 0. The van der Waals surface area contributed by atoms with Gasteiger partial charge >= 0.3 is 0 Å². The molecular formula is C14H11BrO. The number of carbonyl (C=O) groups excluding carboxylic acids is 1. The van der Waals surface area contributed by atoms with Gasteiger partial charge in [-0.1, -0.05) is 40.2 Å². The Labute approximate surface area is 103 Å². The van der Waals surface area contributed by atoms with Crippen LogP contribution in [-0.4, -0.2) is 6.29 Å². The lowest BCUT2D eigenvalue weighted by Gasteiger charge is -2.11. The predicted molar refractivity (Wildman–Crippen MR) is 68.6 cm³/mol. The topological polar surface area (TPSA) is 17.1 Å². The highest BCUT2D eigenvalue weighted by molar-refractivity contribution is 9.10. The lowest BCUT2D eigenvalue weighted by atomic mass is 9.92. The molecule has 0 amide bonds. The average molecular weight is 275 g/mol. The second-order valence-corrected chi connectivity index (χ2v) is 5.36. The van der Waals surface area contributed by atoms with Gasteiger partial charge in [0.1, 0.15) is 6.29 Å². The van der Waals surface area contributed by atoms with Crippen LogP contribution < -0.4 is 0 Å². The minimum Gasteiger partial charge on any atom is -0.302 e. The Kier molecular flexibility index (Phi) is 2.15. The van der Waals surface area contributed by atoms with E-state index in [1.165, 1.54) is 16.3 Å². The first kappa shape index (κ1) is 10.0. The summed E-state index contributed by atoms with van der Waals surface area (Å²) in [6, 6.07) is 12.4. The van der Waals surface area contributed by atoms with E-state index in [4.69, 9.17) is 0 Å². The van der Waals surface area contributed by atoms with Crippen molar-refractivity contribution in [3.63, 3.8) is 0 Å². The third kappa shape index (κ3) is 1.40. The van der Waals surface area contributed by atoms with Crippen molar-refractivity contribution in [1.82, 2.24) is 0 Å². The minimum atomic E-state index is -0.187. The van der Waals surface area contributed by atoms with Crippen molar-refractivity contribution in [3.8, 4) is 0 Å². The van der Waals surface area contributed by atoms with Crippen LogP contribution in [-0.2, 0) is 10.2 Å². The number of fused-ring (bicyclic) bond motifs is 1. The number of hydrogen-bond donors (Lipinski definition) is 0. The first-order valence-electron chi connectivity index (χ1n) is 5.40. The maximum Gasteiger partial charge on any atom is 0.130 e. The van der Waals surface area contributed by atoms with Gasteiger partial charge in [-0.05, 0) is 41.3 Å². The first-order chi connectivity index (χ1) is 7.75. The standard InChI is InChI=1S/C14H11BrO/c15-11-4-5-12-10(8-11)2-1-3-13(12)14(9-16)6-7-14/h1-5,8-9H,6-7H2. The molecule has 0 aliphatic heterocycles. The van der Waals surface area contributed by atoms with Crippen molar-refractivity contribution in [2.45, 2.75) is 18.3 Å². The zero-order valence-electron chi connectivity index (χ0n) is 8.74. The number of halogens is 1. The summed E-state index contributed by atoms with van der Waals surface area (Å²) in [6.07, 6.45) is 3.10. The Balaban J connectivity index is 2.29. The van der Waals surface area contributed by atoms with Crippen molar-refractivity contribution in [1.29, 1.82) is 0 Å². The fraction of sp³-hybridized carbons (Fsp3) is 0.214. The van der Waals surface area contributed by atoms with E-state index in [9.17, 15) is 4.79 Å². The van der Waals surface area contributed by atoms with Gasteiger partial charge < -0.3 is 4.79 Å². The van der Waals surface area contributed by atoms with E-state index in [0.29, 0.717) is 0 Å². The van der Waals surface area contributed by atoms with Crippen LogP contribution in [0, 0.1) is 0 Å². The van der Waals surface area contributed by atoms with Gasteiger partial charge in [0, 0.05) is 4.47 Å². The Morgan fingerprint density at radius 1 is 1.19 bits per heavy atom. The number of carbonyl (C=O) groups is 1. The molecule has 0 bridgehead atoms. The molecule has 3 rings (SSSR count). The highest BCUT2D eigenvalue weighted by atomic mass is 79.9. The zero-order valence-corrected chi connectivity index (χ0v) is 10.3. The van der Waals surface area contributed by atoms with Crippen LogP contribution in [0.15, 0.2) is 40.9 Å². The van der Waals surface area contributed by atoms with Crippen LogP contribution in [0.25, 0.3) is 10.8 Å². The summed E-state index contributed by atoms with van der Waals surface area (Å²) in [4.78, 5) is 11.2. The number of rotatable bonds is 2. The van der Waals surface area contributed by atoms with Gasteiger partial charge in [0.25, 0.3) is 0 Å². The molecule has 0 radical (unpaired) electrons. The molecule has 1 aliphatic rings. The molecule has 2 aromatic rings. The highest BCUT2D eigenvalue weighted by Gasteiger charge is 2.45. The van der Waals surface area contributed by atoms with Crippen LogP contribution in [0.4, 0.5) is 0 Å². The van der Waals surface area contributed by atoms with Gasteiger partial charge in [0.05, 0.1) is 5.41 Å². The summed E-state index contributed by atoms with van der Waals surface area (Å²) >= 11 is 3.47. The molecule has 1 saturated carbocycles. The molecule has 0 saturated heterocycles. The lowest BCUT2D eigenvalue weighted by Crippen LogP contribution is -2.08. The Bertz CT molecular complexity index is 570. The van der Waals surface area contributed by atoms with Crippen LogP contribution in [0.5, 0.6) is 0 Å². The molecule has 0 spiro atoms. The normalized spacial score (nSPS) is 17.3. The Morgan fingerprint density at radius 2 is 2.00 bits per heavy atom. The molecular weight excluding hydrogens is 264 g/mol. The maximum atomic E-state index is 11.2. The van der Waals surface area contributed by atoms with Gasteiger partial charge in [-0.15, -0.1) is 0 Å². The average Bonchev–Trinajstić information content (AvgIpc) is 3.08. The third-order valence-electron chi connectivity index (χ3n) is 3.39. The second kappa shape index (κ2) is 3.42. The molecule has 80 valence electrons. The summed E-state index contributed by atoms with van der Waals surface area (Å²) in [5, 5.41) is 2.40. The van der Waals surface area contributed by atoms with E-state index in [0.717, 1.165) is 23.6 Å². The number of aldehydes is 1. The smallest absolute Gasteiger partial charge is 0.130 e. The quantitative estimate of drug-likeness (QED) is 0.761. The van der Waals surface area contributed by atoms with E-state index < -0.39 is 0 Å². The van der Waals surface area contributed by atoms with Crippen molar-refractivity contribution in [2.75, 3.05) is 0 Å². The molecule has 0 unspecified atom stereocenters. The zero-order chi connectivity index (χ0) is 11.2. The Morgan fingerprint density at radius 3 is 2.69 bits per heavy atom. The molecule has 2 aromatic carbocycles. The third-order valence-corrected chi connectivity index (χ3v) is 3.89. The minimum absolute atomic E-state index is 0.187. The summed E-state index contributed by atoms with van der Waals surface area (Å²) in [5.74, 6) is 0. The predicted octanol–water partition coefficient (Wildman–Crippen LogP) is 3.83.